The molecule has 2 saturated heterocycles. The average Bonchev–Trinajstić information content (AvgIpc) is 3.67. The van der Waals surface area contributed by atoms with Gasteiger partial charge in [-0.05, 0) is 42.2 Å². The second-order valence-corrected chi connectivity index (χ2v) is 9.27. The van der Waals surface area contributed by atoms with E-state index in [4.69, 9.17) is 5.41 Å². The van der Waals surface area contributed by atoms with Crippen LogP contribution in [0.5, 0.6) is 0 Å². The molecule has 11 heteroatoms. The van der Waals surface area contributed by atoms with Crippen LogP contribution in [0.3, 0.4) is 0 Å². The van der Waals surface area contributed by atoms with Crippen LogP contribution in [-0.4, -0.2) is 69.1 Å². The minimum absolute atomic E-state index is 0.0352. The summed E-state index contributed by atoms with van der Waals surface area (Å²) in [6.07, 6.45) is 11.8. The summed E-state index contributed by atoms with van der Waals surface area (Å²) in [7, 11) is 0. The Labute approximate surface area is 214 Å². The van der Waals surface area contributed by atoms with Crippen molar-refractivity contribution in [3.05, 3.63) is 46.8 Å². The lowest BCUT2D eigenvalue weighted by Gasteiger charge is -2.24. The van der Waals surface area contributed by atoms with E-state index in [1.54, 1.807) is 25.4 Å². The molecule has 3 aliphatic heterocycles. The lowest BCUT2D eigenvalue weighted by molar-refractivity contribution is -0.126. The fourth-order valence-electron chi connectivity index (χ4n) is 4.81. The molecular weight excluding hydrogens is 470 g/mol. The number of amides is 2. The van der Waals surface area contributed by atoms with Gasteiger partial charge in [-0.15, -0.1) is 0 Å². The van der Waals surface area contributed by atoms with Gasteiger partial charge in [-0.3, -0.25) is 25.1 Å². The number of aromatic nitrogens is 3. The molecule has 5 heterocycles. The molecule has 0 spiro atoms. The molecule has 37 heavy (non-hydrogen) atoms. The van der Waals surface area contributed by atoms with Gasteiger partial charge in [0.2, 0.25) is 5.91 Å². The van der Waals surface area contributed by atoms with E-state index >= 15 is 0 Å². The number of allylic oxidation sites excluding steroid dienone is 1. The molecule has 5 N–H and O–H groups in total. The molecule has 11 nitrogen and oxygen atoms in total. The summed E-state index contributed by atoms with van der Waals surface area (Å²) < 4.78 is 0. The highest BCUT2D eigenvalue weighted by atomic mass is 16.2. The van der Waals surface area contributed by atoms with Crippen molar-refractivity contribution in [1.82, 2.24) is 36.0 Å². The number of hydrogen-bond donors (Lipinski definition) is 5. The van der Waals surface area contributed by atoms with Crippen LogP contribution < -0.4 is 26.5 Å². The zero-order valence-corrected chi connectivity index (χ0v) is 21.0. The van der Waals surface area contributed by atoms with Gasteiger partial charge >= 0.3 is 0 Å². The molecule has 2 aromatic rings. The smallest absolute Gasteiger partial charge is 0.253 e. The van der Waals surface area contributed by atoms with Gasteiger partial charge in [0, 0.05) is 38.1 Å². The Bertz CT molecular complexity index is 1460. The summed E-state index contributed by atoms with van der Waals surface area (Å²) in [5.74, 6) is 0.621. The Hall–Kier alpha value is -4.28. The Morgan fingerprint density at radius 3 is 2.76 bits per heavy atom. The number of aromatic amines is 1. The van der Waals surface area contributed by atoms with E-state index < -0.39 is 0 Å². The number of carbonyl (C=O) groups excluding carboxylic acids is 2. The third-order valence-electron chi connectivity index (χ3n) is 6.86. The number of pyridine rings is 1. The number of rotatable bonds is 5. The molecule has 192 valence electrons. The van der Waals surface area contributed by atoms with E-state index in [9.17, 15) is 9.59 Å². The minimum Gasteiger partial charge on any atom is -0.361 e. The Balaban J connectivity index is 1.47. The predicted octanol–water partition coefficient (Wildman–Crippen LogP) is 0.165. The number of fused-ring (bicyclic) bond motifs is 2. The maximum absolute atomic E-state index is 13.1. The fraction of sp³-hybridized carbons (Fsp3) is 0.385. The van der Waals surface area contributed by atoms with E-state index in [1.807, 2.05) is 30.2 Å². The van der Waals surface area contributed by atoms with Crippen molar-refractivity contribution in [3.8, 4) is 0 Å². The van der Waals surface area contributed by atoms with E-state index in [1.165, 1.54) is 0 Å². The van der Waals surface area contributed by atoms with Crippen molar-refractivity contribution < 1.29 is 9.59 Å². The lowest BCUT2D eigenvalue weighted by atomic mass is 9.99. The monoisotopic (exact) mass is 501 g/mol. The first-order valence-electron chi connectivity index (χ1n) is 12.7. The third-order valence-corrected chi connectivity index (χ3v) is 6.86. The second-order valence-electron chi connectivity index (χ2n) is 9.27. The zero-order valence-electron chi connectivity index (χ0n) is 21.0. The number of nitrogens with zero attached hydrogens (tertiary/aromatic N) is 4. The summed E-state index contributed by atoms with van der Waals surface area (Å²) in [6.45, 7) is 5.35. The largest absolute Gasteiger partial charge is 0.361 e. The highest BCUT2D eigenvalue weighted by Gasteiger charge is 2.38. The van der Waals surface area contributed by atoms with Crippen molar-refractivity contribution in [2.45, 2.75) is 51.6 Å². The number of likely N-dealkylation sites (tertiary alicyclic amines) is 1. The number of amidine groups is 1. The van der Waals surface area contributed by atoms with Gasteiger partial charge in [-0.1, -0.05) is 19.9 Å². The van der Waals surface area contributed by atoms with Crippen molar-refractivity contribution in [3.63, 3.8) is 0 Å². The highest BCUT2D eigenvalue weighted by molar-refractivity contribution is 6.03. The number of nitrogens with one attached hydrogen (secondary N) is 5. The van der Waals surface area contributed by atoms with Crippen molar-refractivity contribution >= 4 is 46.3 Å². The van der Waals surface area contributed by atoms with Gasteiger partial charge in [-0.25, -0.2) is 4.98 Å². The molecule has 0 radical (unpaired) electrons. The van der Waals surface area contributed by atoms with Gasteiger partial charge < -0.3 is 20.9 Å². The molecule has 2 amide bonds. The minimum atomic E-state index is -0.222. The van der Waals surface area contributed by atoms with E-state index in [-0.39, 0.29) is 29.7 Å². The maximum atomic E-state index is 13.1. The number of H-pyrrole nitrogens is 1. The molecule has 0 saturated carbocycles. The second kappa shape index (κ2) is 10.4. The van der Waals surface area contributed by atoms with Crippen LogP contribution in [0.4, 0.5) is 0 Å². The molecule has 2 fully saturated rings. The van der Waals surface area contributed by atoms with E-state index in [0.717, 1.165) is 53.3 Å². The first-order chi connectivity index (χ1) is 18.0. The van der Waals surface area contributed by atoms with Crippen LogP contribution in [-0.2, 0) is 9.59 Å². The molecule has 2 unspecified atom stereocenters. The van der Waals surface area contributed by atoms with E-state index in [2.05, 4.69) is 36.1 Å². The SMILES string of the molecule is CCC(=O)NC(=N)C=CC(CC)=c1cnc2n[nH]c(=C3NC4C=NC=C(C(=O)N5CCCC5)C4N3)c2c1. The standard InChI is InChI=1S/C26H31N9O2/c1-3-15(7-8-20(27)31-21(36)4-2)16-11-17-23(33-34-24(17)29-12-16)25-30-19-14-28-13-18(22(19)32-25)26(37)35-9-5-6-10-35/h7-8,11-14,19,22,30,32-33H,3-6,9-10H2,1-2H3,(H2,27,31,36). The molecule has 2 atom stereocenters. The summed E-state index contributed by atoms with van der Waals surface area (Å²) >= 11 is 0. The first kappa shape index (κ1) is 24.4. The summed E-state index contributed by atoms with van der Waals surface area (Å²) in [4.78, 5) is 35.4. The predicted molar refractivity (Wildman–Crippen MR) is 142 cm³/mol. The maximum Gasteiger partial charge on any atom is 0.253 e. The third kappa shape index (κ3) is 4.89. The molecule has 3 aliphatic rings. The summed E-state index contributed by atoms with van der Waals surface area (Å²) in [5.41, 5.74) is 2.20. The van der Waals surface area contributed by atoms with Crippen LogP contribution >= 0.6 is 0 Å². The Kier molecular flexibility index (Phi) is 6.85. The van der Waals surface area contributed by atoms with Crippen molar-refractivity contribution in [1.29, 1.82) is 5.41 Å². The quantitative estimate of drug-likeness (QED) is 0.291. The average molecular weight is 502 g/mol. The molecular formula is C26H31N9O2. The van der Waals surface area contributed by atoms with Gasteiger partial charge in [0.1, 0.15) is 17.0 Å². The van der Waals surface area contributed by atoms with Crippen LogP contribution in [0.1, 0.15) is 39.5 Å². The highest BCUT2D eigenvalue weighted by Crippen LogP contribution is 2.22. The lowest BCUT2D eigenvalue weighted by Crippen LogP contribution is -2.44. The number of carbonyl (C=O) groups is 2. The fourth-order valence-corrected chi connectivity index (χ4v) is 4.81. The van der Waals surface area contributed by atoms with Gasteiger partial charge in [0.15, 0.2) is 5.65 Å². The van der Waals surface area contributed by atoms with Crippen molar-refractivity contribution in [2.75, 3.05) is 13.1 Å². The van der Waals surface area contributed by atoms with Gasteiger partial charge in [0.25, 0.3) is 5.91 Å². The Morgan fingerprint density at radius 1 is 1.19 bits per heavy atom. The van der Waals surface area contributed by atoms with Crippen LogP contribution in [0.2, 0.25) is 0 Å². The first-order valence-corrected chi connectivity index (χ1v) is 12.7. The normalized spacial score (nSPS) is 23.0. The van der Waals surface area contributed by atoms with Crippen LogP contribution in [0.25, 0.3) is 22.4 Å². The van der Waals surface area contributed by atoms with Gasteiger partial charge in [0.05, 0.1) is 23.0 Å². The summed E-state index contributed by atoms with van der Waals surface area (Å²) in [5, 5.41) is 27.4. The number of hydrogen-bond acceptors (Lipinski definition) is 8. The molecule has 2 aromatic heterocycles. The van der Waals surface area contributed by atoms with Gasteiger partial charge in [-0.2, -0.15) is 5.10 Å². The van der Waals surface area contributed by atoms with E-state index in [0.29, 0.717) is 24.1 Å². The van der Waals surface area contributed by atoms with Crippen LogP contribution in [0, 0.1) is 5.41 Å². The number of aliphatic imine (C=N–C) groups is 1. The molecule has 5 rings (SSSR count). The molecule has 0 aromatic carbocycles. The summed E-state index contributed by atoms with van der Waals surface area (Å²) in [6, 6.07) is 1.64. The van der Waals surface area contributed by atoms with Crippen molar-refractivity contribution in [2.24, 2.45) is 4.99 Å². The molecule has 0 bridgehead atoms. The molecule has 0 aliphatic carbocycles. The topological polar surface area (TPSA) is 151 Å². The van der Waals surface area contributed by atoms with Crippen LogP contribution in [0.15, 0.2) is 41.2 Å². The zero-order chi connectivity index (χ0) is 25.9. The Morgan fingerprint density at radius 2 is 2.00 bits per heavy atom.